The average molecular weight is 409 g/mol. The van der Waals surface area contributed by atoms with Crippen LogP contribution in [0, 0.1) is 6.92 Å². The van der Waals surface area contributed by atoms with Crippen LogP contribution in [-0.4, -0.2) is 21.3 Å². The summed E-state index contributed by atoms with van der Waals surface area (Å²) in [4.78, 5) is 10.8. The van der Waals surface area contributed by atoms with Gasteiger partial charge < -0.3 is 5.11 Å². The van der Waals surface area contributed by atoms with E-state index >= 15 is 0 Å². The Hall–Kier alpha value is -3.92. The van der Waals surface area contributed by atoms with Gasteiger partial charge in [0.25, 0.3) is 0 Å². The Morgan fingerprint density at radius 1 is 1.03 bits per heavy atom. The lowest BCUT2D eigenvalue weighted by atomic mass is 9.86. The van der Waals surface area contributed by atoms with Gasteiger partial charge in [-0.05, 0) is 70.5 Å². The number of benzene rings is 3. The quantitative estimate of drug-likeness (QED) is 0.289. The third-order valence-corrected chi connectivity index (χ3v) is 5.47. The number of carboxylic acid groups (broad SMARTS) is 1. The molecule has 0 atom stereocenters. The highest BCUT2D eigenvalue weighted by molar-refractivity contribution is 6.01. The second kappa shape index (κ2) is 8.84. The summed E-state index contributed by atoms with van der Waals surface area (Å²) in [6.45, 7) is 4.32. The Morgan fingerprint density at radius 2 is 1.77 bits per heavy atom. The van der Waals surface area contributed by atoms with Crippen LogP contribution < -0.4 is 0 Å². The molecule has 0 bridgehead atoms. The second-order valence-corrected chi connectivity index (χ2v) is 7.49. The molecule has 4 heteroatoms. The van der Waals surface area contributed by atoms with E-state index in [0.717, 1.165) is 40.1 Å². The number of rotatable bonds is 6. The van der Waals surface area contributed by atoms with Gasteiger partial charge in [0.15, 0.2) is 0 Å². The zero-order valence-corrected chi connectivity index (χ0v) is 17.6. The molecule has 4 rings (SSSR count). The maximum Gasteiger partial charge on any atom is 0.328 e. The lowest BCUT2D eigenvalue weighted by molar-refractivity contribution is -0.131. The lowest BCUT2D eigenvalue weighted by Crippen LogP contribution is -1.97. The molecule has 0 aliphatic carbocycles. The number of nitrogens with one attached hydrogen (secondary N) is 1. The van der Waals surface area contributed by atoms with E-state index in [1.165, 1.54) is 22.3 Å². The topological polar surface area (TPSA) is 66.0 Å². The molecular weight excluding hydrogens is 384 g/mol. The molecule has 1 heterocycles. The maximum atomic E-state index is 10.8. The Balaban J connectivity index is 1.92. The van der Waals surface area contributed by atoms with Crippen molar-refractivity contribution in [3.8, 4) is 0 Å². The van der Waals surface area contributed by atoms with Crippen molar-refractivity contribution < 1.29 is 9.90 Å². The monoisotopic (exact) mass is 408 g/mol. The van der Waals surface area contributed by atoms with Gasteiger partial charge in [-0.15, -0.1) is 0 Å². The van der Waals surface area contributed by atoms with Crippen LogP contribution in [-0.2, 0) is 4.79 Å². The van der Waals surface area contributed by atoms with Gasteiger partial charge in [-0.1, -0.05) is 61.5 Å². The van der Waals surface area contributed by atoms with E-state index in [0.29, 0.717) is 0 Å². The van der Waals surface area contributed by atoms with Crippen LogP contribution in [0.15, 0.2) is 79.0 Å². The van der Waals surface area contributed by atoms with E-state index < -0.39 is 5.97 Å². The van der Waals surface area contributed by atoms with E-state index in [2.05, 4.69) is 78.6 Å². The zero-order chi connectivity index (χ0) is 21.8. The van der Waals surface area contributed by atoms with Gasteiger partial charge in [0, 0.05) is 11.5 Å². The smallest absolute Gasteiger partial charge is 0.328 e. The standard InChI is InChI=1S/C27H24N2O2/c1-3-23(24-7-5-4-6-18(24)2)27(21-13-14-25-22(16-21)17-28-29-25)20-11-8-19(9-12-20)10-15-26(30)31/h4-17H,3H2,1-2H3,(H,28,29)(H,30,31)/b15-10+,27-23-. The van der Waals surface area contributed by atoms with Crippen LogP contribution in [0.4, 0.5) is 0 Å². The lowest BCUT2D eigenvalue weighted by Gasteiger charge is -2.18. The molecule has 0 spiro atoms. The van der Waals surface area contributed by atoms with Crippen LogP contribution >= 0.6 is 0 Å². The highest BCUT2D eigenvalue weighted by Crippen LogP contribution is 2.36. The molecule has 0 saturated heterocycles. The van der Waals surface area contributed by atoms with E-state index in [9.17, 15) is 4.79 Å². The largest absolute Gasteiger partial charge is 0.478 e. The summed E-state index contributed by atoms with van der Waals surface area (Å²) in [6, 6.07) is 22.8. The average Bonchev–Trinajstić information content (AvgIpc) is 3.25. The minimum absolute atomic E-state index is 0.852. The molecule has 0 aliphatic heterocycles. The van der Waals surface area contributed by atoms with Crippen molar-refractivity contribution in [1.82, 2.24) is 10.2 Å². The SMILES string of the molecule is CC/C(=C(\c1ccc(/C=C/C(=O)O)cc1)c1ccc2[nH]ncc2c1)c1ccccc1C. The Bertz CT molecular complexity index is 1290. The number of allylic oxidation sites excluding steroid dienone is 1. The third kappa shape index (κ3) is 4.33. The van der Waals surface area contributed by atoms with Crippen LogP contribution in [0.5, 0.6) is 0 Å². The van der Waals surface area contributed by atoms with Crippen LogP contribution in [0.1, 0.15) is 41.2 Å². The molecule has 0 unspecified atom stereocenters. The third-order valence-electron chi connectivity index (χ3n) is 5.47. The number of carboxylic acids is 1. The second-order valence-electron chi connectivity index (χ2n) is 7.49. The Morgan fingerprint density at radius 3 is 2.48 bits per heavy atom. The number of H-pyrrole nitrogens is 1. The van der Waals surface area contributed by atoms with E-state index in [1.807, 2.05) is 18.3 Å². The van der Waals surface area contributed by atoms with Crippen molar-refractivity contribution >= 4 is 34.1 Å². The van der Waals surface area contributed by atoms with Crippen molar-refractivity contribution in [3.05, 3.63) is 107 Å². The zero-order valence-electron chi connectivity index (χ0n) is 17.6. The van der Waals surface area contributed by atoms with Gasteiger partial charge in [-0.2, -0.15) is 5.10 Å². The fraction of sp³-hybridized carbons (Fsp3) is 0.111. The summed E-state index contributed by atoms with van der Waals surface area (Å²) in [5.74, 6) is -0.953. The summed E-state index contributed by atoms with van der Waals surface area (Å²) in [5.41, 5.74) is 9.00. The fourth-order valence-electron chi connectivity index (χ4n) is 3.96. The summed E-state index contributed by atoms with van der Waals surface area (Å²) in [5, 5.41) is 17.1. The summed E-state index contributed by atoms with van der Waals surface area (Å²) in [6.07, 6.45) is 5.48. The number of aliphatic carboxylic acids is 1. The first kappa shape index (κ1) is 20.4. The van der Waals surface area contributed by atoms with Crippen molar-refractivity contribution in [2.45, 2.75) is 20.3 Å². The van der Waals surface area contributed by atoms with Gasteiger partial charge in [-0.3, -0.25) is 5.10 Å². The highest BCUT2D eigenvalue weighted by Gasteiger charge is 2.15. The number of aryl methyl sites for hydroxylation is 1. The van der Waals surface area contributed by atoms with Crippen molar-refractivity contribution in [1.29, 1.82) is 0 Å². The van der Waals surface area contributed by atoms with Crippen LogP contribution in [0.3, 0.4) is 0 Å². The number of fused-ring (bicyclic) bond motifs is 1. The predicted molar refractivity (Wildman–Crippen MR) is 127 cm³/mol. The van der Waals surface area contributed by atoms with E-state index in [1.54, 1.807) is 6.08 Å². The predicted octanol–water partition coefficient (Wildman–Crippen LogP) is 6.34. The molecule has 3 aromatic carbocycles. The number of aromatic nitrogens is 2. The van der Waals surface area contributed by atoms with Crippen molar-refractivity contribution in [2.24, 2.45) is 0 Å². The maximum absolute atomic E-state index is 10.8. The normalized spacial score (nSPS) is 12.3. The molecule has 1 aromatic heterocycles. The molecule has 4 aromatic rings. The van der Waals surface area contributed by atoms with E-state index in [-0.39, 0.29) is 0 Å². The molecular formula is C27H24N2O2. The molecule has 0 aliphatic rings. The number of hydrogen-bond acceptors (Lipinski definition) is 2. The summed E-state index contributed by atoms with van der Waals surface area (Å²) in [7, 11) is 0. The minimum Gasteiger partial charge on any atom is -0.478 e. The first-order valence-electron chi connectivity index (χ1n) is 10.3. The molecule has 2 N–H and O–H groups in total. The molecule has 0 saturated carbocycles. The number of aromatic amines is 1. The number of carbonyl (C=O) groups is 1. The van der Waals surface area contributed by atoms with E-state index in [4.69, 9.17) is 5.11 Å². The first-order chi connectivity index (χ1) is 15.1. The van der Waals surface area contributed by atoms with Gasteiger partial charge in [0.1, 0.15) is 0 Å². The first-order valence-corrected chi connectivity index (χ1v) is 10.3. The molecule has 0 fully saturated rings. The fourth-order valence-corrected chi connectivity index (χ4v) is 3.96. The van der Waals surface area contributed by atoms with Gasteiger partial charge in [-0.25, -0.2) is 4.79 Å². The summed E-state index contributed by atoms with van der Waals surface area (Å²) >= 11 is 0. The Labute approximate surface area is 181 Å². The van der Waals surface area contributed by atoms with Gasteiger partial charge in [0.05, 0.1) is 11.7 Å². The van der Waals surface area contributed by atoms with Crippen LogP contribution in [0.2, 0.25) is 0 Å². The van der Waals surface area contributed by atoms with Gasteiger partial charge in [0.2, 0.25) is 0 Å². The number of nitrogens with zero attached hydrogens (tertiary/aromatic N) is 1. The Kier molecular flexibility index (Phi) is 5.80. The molecule has 0 radical (unpaired) electrons. The highest BCUT2D eigenvalue weighted by atomic mass is 16.4. The summed E-state index contributed by atoms with van der Waals surface area (Å²) < 4.78 is 0. The molecule has 4 nitrogen and oxygen atoms in total. The molecule has 0 amide bonds. The number of hydrogen-bond donors (Lipinski definition) is 2. The minimum atomic E-state index is -0.953. The molecule has 154 valence electrons. The van der Waals surface area contributed by atoms with Gasteiger partial charge >= 0.3 is 5.97 Å². The van der Waals surface area contributed by atoms with Crippen LogP contribution in [0.25, 0.3) is 28.1 Å². The van der Waals surface area contributed by atoms with Crippen molar-refractivity contribution in [3.63, 3.8) is 0 Å². The molecule has 31 heavy (non-hydrogen) atoms. The van der Waals surface area contributed by atoms with Crippen molar-refractivity contribution in [2.75, 3.05) is 0 Å².